The van der Waals surface area contributed by atoms with E-state index >= 15 is 0 Å². The van der Waals surface area contributed by atoms with E-state index in [2.05, 4.69) is 20.5 Å². The summed E-state index contributed by atoms with van der Waals surface area (Å²) < 4.78 is 0. The minimum Gasteiger partial charge on any atom is -0.332 e. The second-order valence-electron chi connectivity index (χ2n) is 4.04. The molecule has 1 amide bonds. The molecule has 0 spiro atoms. The number of nitrogens with one attached hydrogen (secondary N) is 2. The first-order chi connectivity index (χ1) is 7.83. The van der Waals surface area contributed by atoms with Crippen molar-refractivity contribution in [1.82, 2.24) is 25.4 Å². The molecule has 1 saturated heterocycles. The second kappa shape index (κ2) is 5.07. The average molecular weight is 223 g/mol. The van der Waals surface area contributed by atoms with Gasteiger partial charge in [0.25, 0.3) is 5.91 Å². The van der Waals surface area contributed by atoms with Gasteiger partial charge in [0.2, 0.25) is 5.82 Å². The van der Waals surface area contributed by atoms with Crippen molar-refractivity contribution in [3.8, 4) is 0 Å². The summed E-state index contributed by atoms with van der Waals surface area (Å²) in [6.45, 7) is 1.64. The van der Waals surface area contributed by atoms with Gasteiger partial charge in [-0.25, -0.2) is 4.98 Å². The van der Waals surface area contributed by atoms with Gasteiger partial charge in [-0.1, -0.05) is 0 Å². The predicted molar refractivity (Wildman–Crippen MR) is 59.0 cm³/mol. The first kappa shape index (κ1) is 11.1. The molecule has 1 unspecified atom stereocenters. The molecule has 1 fully saturated rings. The Hall–Kier alpha value is -1.43. The lowest BCUT2D eigenvalue weighted by Crippen LogP contribution is -2.48. The normalized spacial score (nSPS) is 21.1. The molecule has 0 aromatic carbocycles. The number of H-pyrrole nitrogens is 1. The van der Waals surface area contributed by atoms with Gasteiger partial charge in [0.05, 0.1) is 0 Å². The van der Waals surface area contributed by atoms with Gasteiger partial charge in [-0.2, -0.15) is 5.10 Å². The molecular weight excluding hydrogens is 206 g/mol. The number of hydrogen-bond acceptors (Lipinski definition) is 4. The smallest absolute Gasteiger partial charge is 0.291 e. The van der Waals surface area contributed by atoms with E-state index < -0.39 is 0 Å². The van der Waals surface area contributed by atoms with Gasteiger partial charge >= 0.3 is 0 Å². The van der Waals surface area contributed by atoms with Crippen LogP contribution in [0.25, 0.3) is 0 Å². The van der Waals surface area contributed by atoms with E-state index in [-0.39, 0.29) is 11.9 Å². The number of amides is 1. The molecule has 0 saturated carbocycles. The fraction of sp³-hybridized carbons (Fsp3) is 0.700. The van der Waals surface area contributed by atoms with Crippen molar-refractivity contribution in [2.24, 2.45) is 0 Å². The van der Waals surface area contributed by atoms with Gasteiger partial charge in [0, 0.05) is 19.1 Å². The van der Waals surface area contributed by atoms with Crippen LogP contribution in [0.2, 0.25) is 0 Å². The standard InChI is InChI=1S/C10H17N5O/c1-11-6-8-4-2-3-5-15(8)10(16)9-12-7-13-14-9/h7-8,11H,2-6H2,1H3,(H,12,13,14). The van der Waals surface area contributed by atoms with Gasteiger partial charge in [0.1, 0.15) is 6.33 Å². The third kappa shape index (κ3) is 2.21. The van der Waals surface area contributed by atoms with Crippen molar-refractivity contribution >= 4 is 5.91 Å². The van der Waals surface area contributed by atoms with E-state index in [1.807, 2.05) is 11.9 Å². The topological polar surface area (TPSA) is 73.9 Å². The molecular formula is C10H17N5O. The van der Waals surface area contributed by atoms with Gasteiger partial charge in [-0.3, -0.25) is 9.89 Å². The lowest BCUT2D eigenvalue weighted by molar-refractivity contribution is 0.0603. The zero-order valence-electron chi connectivity index (χ0n) is 9.44. The molecule has 2 N–H and O–H groups in total. The zero-order chi connectivity index (χ0) is 11.4. The highest BCUT2D eigenvalue weighted by molar-refractivity contribution is 5.90. The molecule has 16 heavy (non-hydrogen) atoms. The first-order valence-corrected chi connectivity index (χ1v) is 5.64. The van der Waals surface area contributed by atoms with Crippen LogP contribution in [0.15, 0.2) is 6.33 Å². The van der Waals surface area contributed by atoms with E-state index in [1.165, 1.54) is 12.7 Å². The molecule has 1 aromatic heterocycles. The third-order valence-electron chi connectivity index (χ3n) is 2.95. The lowest BCUT2D eigenvalue weighted by atomic mass is 10.0. The van der Waals surface area contributed by atoms with Crippen LogP contribution in [0.3, 0.4) is 0 Å². The first-order valence-electron chi connectivity index (χ1n) is 5.64. The Morgan fingerprint density at radius 3 is 3.25 bits per heavy atom. The third-order valence-corrected chi connectivity index (χ3v) is 2.95. The van der Waals surface area contributed by atoms with Crippen molar-refractivity contribution in [2.45, 2.75) is 25.3 Å². The zero-order valence-corrected chi connectivity index (χ0v) is 9.44. The van der Waals surface area contributed by atoms with E-state index in [0.717, 1.165) is 25.9 Å². The molecule has 1 atom stereocenters. The fourth-order valence-corrected chi connectivity index (χ4v) is 2.16. The monoisotopic (exact) mass is 223 g/mol. The summed E-state index contributed by atoms with van der Waals surface area (Å²) in [5.41, 5.74) is 0. The summed E-state index contributed by atoms with van der Waals surface area (Å²) in [5, 5.41) is 9.46. The number of aromatic nitrogens is 3. The minimum absolute atomic E-state index is 0.0440. The summed E-state index contributed by atoms with van der Waals surface area (Å²) in [7, 11) is 1.91. The Morgan fingerprint density at radius 2 is 2.56 bits per heavy atom. The molecule has 1 aliphatic rings. The summed E-state index contributed by atoms with van der Waals surface area (Å²) >= 11 is 0. The molecule has 6 nitrogen and oxygen atoms in total. The van der Waals surface area contributed by atoms with E-state index in [4.69, 9.17) is 0 Å². The van der Waals surface area contributed by atoms with E-state index in [1.54, 1.807) is 0 Å². The molecule has 1 aliphatic heterocycles. The quantitative estimate of drug-likeness (QED) is 0.757. The highest BCUT2D eigenvalue weighted by Crippen LogP contribution is 2.17. The summed E-state index contributed by atoms with van der Waals surface area (Å²) in [6, 6.07) is 0.274. The van der Waals surface area contributed by atoms with Crippen LogP contribution < -0.4 is 5.32 Å². The molecule has 2 heterocycles. The van der Waals surface area contributed by atoms with Crippen molar-refractivity contribution in [3.05, 3.63) is 12.2 Å². The highest BCUT2D eigenvalue weighted by Gasteiger charge is 2.28. The SMILES string of the molecule is CNCC1CCCCN1C(=O)c1ncn[nH]1. The number of hydrogen-bond donors (Lipinski definition) is 2. The Bertz CT molecular complexity index is 335. The second-order valence-corrected chi connectivity index (χ2v) is 4.04. The van der Waals surface area contributed by atoms with E-state index in [9.17, 15) is 4.79 Å². The lowest BCUT2D eigenvalue weighted by Gasteiger charge is -2.35. The van der Waals surface area contributed by atoms with Crippen LogP contribution >= 0.6 is 0 Å². The molecule has 88 valence electrons. The Balaban J connectivity index is 2.08. The molecule has 2 rings (SSSR count). The van der Waals surface area contributed by atoms with Crippen LogP contribution in [0.5, 0.6) is 0 Å². The maximum atomic E-state index is 12.1. The molecule has 0 radical (unpaired) electrons. The average Bonchev–Trinajstić information content (AvgIpc) is 2.83. The van der Waals surface area contributed by atoms with Crippen LogP contribution in [-0.4, -0.2) is 52.2 Å². The van der Waals surface area contributed by atoms with Crippen molar-refractivity contribution in [1.29, 1.82) is 0 Å². The highest BCUT2D eigenvalue weighted by atomic mass is 16.2. The molecule has 1 aromatic rings. The summed E-state index contributed by atoms with van der Waals surface area (Å²) in [5.74, 6) is 0.292. The Labute approximate surface area is 94.4 Å². The predicted octanol–water partition coefficient (Wildman–Crippen LogP) is 0.0188. The van der Waals surface area contributed by atoms with Gasteiger partial charge < -0.3 is 10.2 Å². The maximum absolute atomic E-state index is 12.1. The number of aromatic amines is 1. The molecule has 6 heteroatoms. The Kier molecular flexibility index (Phi) is 3.51. The molecule has 0 bridgehead atoms. The van der Waals surface area contributed by atoms with Crippen LogP contribution in [0, 0.1) is 0 Å². The fourth-order valence-electron chi connectivity index (χ4n) is 2.16. The minimum atomic E-state index is -0.0440. The van der Waals surface area contributed by atoms with Crippen LogP contribution in [-0.2, 0) is 0 Å². The largest absolute Gasteiger partial charge is 0.332 e. The number of carbonyl (C=O) groups is 1. The van der Waals surface area contributed by atoms with Gasteiger partial charge in [-0.15, -0.1) is 0 Å². The number of piperidine rings is 1. The van der Waals surface area contributed by atoms with E-state index in [0.29, 0.717) is 5.82 Å². The number of carbonyl (C=O) groups excluding carboxylic acids is 1. The maximum Gasteiger partial charge on any atom is 0.291 e. The molecule has 0 aliphatic carbocycles. The summed E-state index contributed by atoms with van der Waals surface area (Å²) in [6.07, 6.45) is 4.68. The number of nitrogens with zero attached hydrogens (tertiary/aromatic N) is 3. The van der Waals surface area contributed by atoms with Crippen molar-refractivity contribution in [3.63, 3.8) is 0 Å². The summed E-state index contributed by atoms with van der Waals surface area (Å²) in [4.78, 5) is 17.9. The number of likely N-dealkylation sites (tertiary alicyclic amines) is 1. The van der Waals surface area contributed by atoms with Gasteiger partial charge in [-0.05, 0) is 26.3 Å². The van der Waals surface area contributed by atoms with Crippen molar-refractivity contribution in [2.75, 3.05) is 20.1 Å². The van der Waals surface area contributed by atoms with Crippen molar-refractivity contribution < 1.29 is 4.79 Å². The van der Waals surface area contributed by atoms with Gasteiger partial charge in [0.15, 0.2) is 0 Å². The van der Waals surface area contributed by atoms with Crippen LogP contribution in [0.1, 0.15) is 29.9 Å². The number of rotatable bonds is 3. The van der Waals surface area contributed by atoms with Crippen LogP contribution in [0.4, 0.5) is 0 Å². The Morgan fingerprint density at radius 1 is 1.69 bits per heavy atom. The number of likely N-dealkylation sites (N-methyl/N-ethyl adjacent to an activating group) is 1.